The van der Waals surface area contributed by atoms with Crippen LogP contribution in [0, 0.1) is 23.7 Å². The van der Waals surface area contributed by atoms with E-state index in [1.165, 1.54) is 7.11 Å². The molecule has 0 bridgehead atoms. The summed E-state index contributed by atoms with van der Waals surface area (Å²) in [6.07, 6.45) is 5.66. The van der Waals surface area contributed by atoms with Crippen molar-refractivity contribution in [1.82, 2.24) is 0 Å². The normalized spacial score (nSPS) is 26.3. The van der Waals surface area contributed by atoms with E-state index in [-0.39, 0.29) is 29.8 Å². The number of rotatable bonds is 8. The lowest BCUT2D eigenvalue weighted by atomic mass is 9.86. The van der Waals surface area contributed by atoms with Gasteiger partial charge in [-0.1, -0.05) is 37.3 Å². The van der Waals surface area contributed by atoms with Gasteiger partial charge in [0.25, 0.3) is 0 Å². The third-order valence-electron chi connectivity index (χ3n) is 6.26. The molecule has 162 valence electrons. The molecule has 30 heavy (non-hydrogen) atoms. The minimum Gasteiger partial charge on any atom is -0.489 e. The summed E-state index contributed by atoms with van der Waals surface area (Å²) >= 11 is 0. The van der Waals surface area contributed by atoms with Crippen LogP contribution in [-0.4, -0.2) is 41.6 Å². The number of methoxy groups -OCH3 is 1. The second-order valence-corrected chi connectivity index (χ2v) is 8.31. The number of esters is 1. The summed E-state index contributed by atoms with van der Waals surface area (Å²) in [7, 11) is 1.40. The van der Waals surface area contributed by atoms with Gasteiger partial charge in [-0.05, 0) is 31.2 Å². The van der Waals surface area contributed by atoms with Crippen LogP contribution in [0.15, 0.2) is 30.4 Å². The second kappa shape index (κ2) is 10.1. The van der Waals surface area contributed by atoms with Gasteiger partial charge in [-0.2, -0.15) is 0 Å². The summed E-state index contributed by atoms with van der Waals surface area (Å²) in [6.45, 7) is 3.77. The number of hydrogen-bond donors (Lipinski definition) is 2. The number of benzene rings is 1. The molecule has 3 rings (SSSR count). The zero-order chi connectivity index (χ0) is 21.7. The highest BCUT2D eigenvalue weighted by molar-refractivity contribution is 5.69. The van der Waals surface area contributed by atoms with E-state index in [0.717, 1.165) is 23.3 Å². The van der Waals surface area contributed by atoms with Crippen molar-refractivity contribution in [3.8, 4) is 17.6 Å². The number of carbonyl (C=O) groups excluding carboxylic acids is 1. The van der Waals surface area contributed by atoms with Crippen LogP contribution < -0.4 is 4.74 Å². The molecular formula is C25H32O5. The van der Waals surface area contributed by atoms with Gasteiger partial charge in [-0.15, -0.1) is 11.8 Å². The number of aliphatic hydroxyl groups excluding tert-OH is 2. The number of carbonyl (C=O) groups is 1. The van der Waals surface area contributed by atoms with Crippen LogP contribution in [0.25, 0.3) is 0 Å². The van der Waals surface area contributed by atoms with E-state index in [1.807, 2.05) is 25.1 Å². The van der Waals surface area contributed by atoms with Crippen LogP contribution >= 0.6 is 0 Å². The Labute approximate surface area is 179 Å². The lowest BCUT2D eigenvalue weighted by molar-refractivity contribution is -0.140. The minimum atomic E-state index is -0.594. The number of fused-ring (bicyclic) bond motifs is 3. The summed E-state index contributed by atoms with van der Waals surface area (Å²) < 4.78 is 11.0. The molecule has 2 aliphatic rings. The van der Waals surface area contributed by atoms with Crippen LogP contribution in [0.2, 0.25) is 0 Å². The van der Waals surface area contributed by atoms with Crippen molar-refractivity contribution in [2.24, 2.45) is 11.8 Å². The minimum absolute atomic E-state index is 0.0385. The van der Waals surface area contributed by atoms with Crippen LogP contribution in [0.5, 0.6) is 5.75 Å². The third kappa shape index (κ3) is 4.88. The van der Waals surface area contributed by atoms with Gasteiger partial charge < -0.3 is 19.7 Å². The molecule has 1 heterocycles. The van der Waals surface area contributed by atoms with E-state index in [1.54, 1.807) is 13.0 Å². The van der Waals surface area contributed by atoms with E-state index in [0.29, 0.717) is 25.7 Å². The molecule has 1 fully saturated rings. The van der Waals surface area contributed by atoms with Gasteiger partial charge in [0.1, 0.15) is 11.9 Å². The van der Waals surface area contributed by atoms with E-state index >= 15 is 0 Å². The summed E-state index contributed by atoms with van der Waals surface area (Å²) in [4.78, 5) is 11.4. The fourth-order valence-corrected chi connectivity index (χ4v) is 4.51. The molecule has 1 unspecified atom stereocenters. The maximum Gasteiger partial charge on any atom is 0.305 e. The fourth-order valence-electron chi connectivity index (χ4n) is 4.51. The summed E-state index contributed by atoms with van der Waals surface area (Å²) in [5.41, 5.74) is 2.20. The van der Waals surface area contributed by atoms with E-state index in [9.17, 15) is 15.0 Å². The molecule has 1 saturated carbocycles. The Kier molecular flexibility index (Phi) is 7.58. The Bertz CT molecular complexity index is 834. The standard InChI is InChI=1S/C25H32O5/c1-4-5-8-16(2)20(26)14-13-18-21(27)15-22-24(18)19-11-6-9-17(25(19)30-22)10-7-12-23(28)29-3/h6,9,11,13-14,16,18,20-22,24,26-27H,7-8,10,12,15H2,1-3H3/b14-13+/t16?,18-,20+,21+,22-,24-/m1/s1. The first-order valence-electron chi connectivity index (χ1n) is 10.8. The summed E-state index contributed by atoms with van der Waals surface area (Å²) in [5, 5.41) is 21.1. The highest BCUT2D eigenvalue weighted by Crippen LogP contribution is 2.52. The first-order chi connectivity index (χ1) is 14.5. The van der Waals surface area contributed by atoms with Gasteiger partial charge in [-0.3, -0.25) is 4.79 Å². The Morgan fingerprint density at radius 3 is 2.97 bits per heavy atom. The molecule has 2 N–H and O–H groups in total. The van der Waals surface area contributed by atoms with Gasteiger partial charge in [0, 0.05) is 36.7 Å². The number of aryl methyl sites for hydroxylation is 1. The molecule has 1 aromatic carbocycles. The molecule has 1 aliphatic carbocycles. The highest BCUT2D eigenvalue weighted by atomic mass is 16.5. The second-order valence-electron chi connectivity index (χ2n) is 8.31. The van der Waals surface area contributed by atoms with Crippen molar-refractivity contribution in [1.29, 1.82) is 0 Å². The molecule has 0 amide bonds. The van der Waals surface area contributed by atoms with Gasteiger partial charge >= 0.3 is 5.97 Å². The molecule has 0 saturated heterocycles. The van der Waals surface area contributed by atoms with Crippen LogP contribution in [-0.2, 0) is 16.0 Å². The van der Waals surface area contributed by atoms with Gasteiger partial charge in [0.2, 0.25) is 0 Å². The molecule has 5 heteroatoms. The molecule has 6 atom stereocenters. The zero-order valence-electron chi connectivity index (χ0n) is 18.0. The van der Waals surface area contributed by atoms with Crippen molar-refractivity contribution >= 4 is 5.97 Å². The van der Waals surface area contributed by atoms with Crippen molar-refractivity contribution in [3.63, 3.8) is 0 Å². The van der Waals surface area contributed by atoms with Gasteiger partial charge in [0.15, 0.2) is 0 Å². The predicted octanol–water partition coefficient (Wildman–Crippen LogP) is 3.37. The van der Waals surface area contributed by atoms with Crippen molar-refractivity contribution in [2.75, 3.05) is 7.11 Å². The number of aliphatic hydroxyl groups is 2. The van der Waals surface area contributed by atoms with E-state index in [4.69, 9.17) is 9.47 Å². The molecule has 1 aliphatic heterocycles. The Morgan fingerprint density at radius 1 is 1.43 bits per heavy atom. The number of para-hydroxylation sites is 1. The SMILES string of the molecule is CC#CCC(C)[C@@H](O)/C=C/[C@H]1[C@@H]2c3cccc(CCCC(=O)OC)c3O[C@@H]2C[C@@H]1O. The molecule has 0 spiro atoms. The molecule has 5 nitrogen and oxygen atoms in total. The topological polar surface area (TPSA) is 76.0 Å². The Balaban J connectivity index is 1.73. The molecular weight excluding hydrogens is 380 g/mol. The highest BCUT2D eigenvalue weighted by Gasteiger charge is 2.48. The fraction of sp³-hybridized carbons (Fsp3) is 0.560. The molecule has 0 aromatic heterocycles. The maximum absolute atomic E-state index is 11.4. The zero-order valence-corrected chi connectivity index (χ0v) is 18.0. The van der Waals surface area contributed by atoms with Crippen LogP contribution in [0.3, 0.4) is 0 Å². The predicted molar refractivity (Wildman–Crippen MR) is 115 cm³/mol. The average molecular weight is 413 g/mol. The Hall–Kier alpha value is -2.29. The third-order valence-corrected chi connectivity index (χ3v) is 6.26. The summed E-state index contributed by atoms with van der Waals surface area (Å²) in [5.74, 6) is 6.58. The van der Waals surface area contributed by atoms with Gasteiger partial charge in [-0.25, -0.2) is 0 Å². The van der Waals surface area contributed by atoms with E-state index in [2.05, 4.69) is 17.9 Å². The van der Waals surface area contributed by atoms with Crippen molar-refractivity contribution < 1.29 is 24.5 Å². The number of ether oxygens (including phenoxy) is 2. The van der Waals surface area contributed by atoms with Crippen molar-refractivity contribution in [2.45, 2.75) is 70.2 Å². The van der Waals surface area contributed by atoms with Crippen LogP contribution in [0.4, 0.5) is 0 Å². The quantitative estimate of drug-likeness (QED) is 0.389. The molecule has 1 aromatic rings. The maximum atomic E-state index is 11.4. The van der Waals surface area contributed by atoms with Crippen molar-refractivity contribution in [3.05, 3.63) is 41.5 Å². The first-order valence-corrected chi connectivity index (χ1v) is 10.8. The van der Waals surface area contributed by atoms with Gasteiger partial charge in [0.05, 0.1) is 19.3 Å². The largest absolute Gasteiger partial charge is 0.489 e. The Morgan fingerprint density at radius 2 is 2.23 bits per heavy atom. The van der Waals surface area contributed by atoms with E-state index < -0.39 is 12.2 Å². The molecule has 0 radical (unpaired) electrons. The summed E-state index contributed by atoms with van der Waals surface area (Å²) in [6, 6.07) is 6.13. The number of hydrogen-bond acceptors (Lipinski definition) is 5. The lowest BCUT2D eigenvalue weighted by Gasteiger charge is -2.19. The first kappa shape index (κ1) is 22.4. The smallest absolute Gasteiger partial charge is 0.305 e. The average Bonchev–Trinajstić information content (AvgIpc) is 3.25. The monoisotopic (exact) mass is 412 g/mol. The van der Waals surface area contributed by atoms with Crippen LogP contribution in [0.1, 0.15) is 56.6 Å². The lowest BCUT2D eigenvalue weighted by Crippen LogP contribution is -2.19.